The third-order valence-electron chi connectivity index (χ3n) is 5.43. The van der Waals surface area contributed by atoms with Crippen LogP contribution >= 0.6 is 12.0 Å². The van der Waals surface area contributed by atoms with E-state index in [1.807, 2.05) is 26.0 Å². The number of esters is 1. The Labute approximate surface area is 174 Å². The van der Waals surface area contributed by atoms with Gasteiger partial charge in [0, 0.05) is 24.9 Å². The Hall–Kier alpha value is -1.89. The van der Waals surface area contributed by atoms with E-state index in [0.29, 0.717) is 19.4 Å². The van der Waals surface area contributed by atoms with Crippen LogP contribution in [0.5, 0.6) is 0 Å². The maximum Gasteiger partial charge on any atom is 0.303 e. The fraction of sp³-hybridized carbons (Fsp3) is 0.435. The Morgan fingerprint density at radius 2 is 1.97 bits per heavy atom. The molecule has 1 unspecified atom stereocenters. The molecule has 0 N–H and O–H groups in total. The zero-order valence-corrected chi connectivity index (χ0v) is 17.6. The molecule has 1 fully saturated rings. The summed E-state index contributed by atoms with van der Waals surface area (Å²) in [6.45, 7) is 5.71. The van der Waals surface area contributed by atoms with Crippen LogP contribution in [0.3, 0.4) is 0 Å². The number of ether oxygens (including phenoxy) is 2. The van der Waals surface area contributed by atoms with Crippen molar-refractivity contribution in [2.75, 3.05) is 6.61 Å². The molecule has 0 aromatic heterocycles. The van der Waals surface area contributed by atoms with Crippen LogP contribution in [0.1, 0.15) is 61.5 Å². The fourth-order valence-corrected chi connectivity index (χ4v) is 4.95. The van der Waals surface area contributed by atoms with Gasteiger partial charge < -0.3 is 9.47 Å². The molecule has 0 amide bonds. The summed E-state index contributed by atoms with van der Waals surface area (Å²) >= 11 is 1.41. The molecule has 1 saturated heterocycles. The molecule has 154 valence electrons. The molecule has 4 nitrogen and oxygen atoms in total. The van der Waals surface area contributed by atoms with Gasteiger partial charge in [-0.25, -0.2) is 4.39 Å². The minimum atomic E-state index is -0.618. The van der Waals surface area contributed by atoms with E-state index in [0.717, 1.165) is 16.7 Å². The molecule has 1 aliphatic carbocycles. The summed E-state index contributed by atoms with van der Waals surface area (Å²) in [6.07, 6.45) is 0.807. The molecule has 2 aromatic carbocycles. The molecular formula is C23H25FO4S. The van der Waals surface area contributed by atoms with Crippen molar-refractivity contribution in [3.05, 3.63) is 70.5 Å². The highest BCUT2D eigenvalue weighted by Gasteiger charge is 2.38. The zero-order valence-electron chi connectivity index (χ0n) is 16.8. The Balaban J connectivity index is 1.75. The molecule has 0 saturated carbocycles. The highest BCUT2D eigenvalue weighted by atomic mass is 32.2. The number of hydrogen-bond donors (Lipinski definition) is 0. The second-order valence-corrected chi connectivity index (χ2v) is 9.13. The van der Waals surface area contributed by atoms with E-state index in [2.05, 4.69) is 12.1 Å². The lowest BCUT2D eigenvalue weighted by Crippen LogP contribution is -2.36. The first kappa shape index (κ1) is 20.4. The Kier molecular flexibility index (Phi) is 5.69. The smallest absolute Gasteiger partial charge is 0.303 e. The fourth-order valence-electron chi connectivity index (χ4n) is 4.13. The van der Waals surface area contributed by atoms with Crippen LogP contribution in [0.4, 0.5) is 4.39 Å². The molecule has 0 bridgehead atoms. The average molecular weight is 417 g/mol. The molecule has 0 spiro atoms. The van der Waals surface area contributed by atoms with Crippen molar-refractivity contribution in [2.45, 2.75) is 56.7 Å². The lowest BCUT2D eigenvalue weighted by molar-refractivity contribution is -0.160. The van der Waals surface area contributed by atoms with E-state index in [1.165, 1.54) is 36.7 Å². The van der Waals surface area contributed by atoms with Gasteiger partial charge >= 0.3 is 5.97 Å². The molecule has 6 heteroatoms. The van der Waals surface area contributed by atoms with Gasteiger partial charge in [-0.15, -0.1) is 0 Å². The van der Waals surface area contributed by atoms with E-state index >= 15 is 0 Å². The highest BCUT2D eigenvalue weighted by Crippen LogP contribution is 2.46. The lowest BCUT2D eigenvalue weighted by atomic mass is 9.85. The van der Waals surface area contributed by atoms with Crippen LogP contribution in [0.2, 0.25) is 0 Å². The number of halogens is 1. The molecule has 29 heavy (non-hydrogen) atoms. The number of hydrogen-bond acceptors (Lipinski definition) is 5. The monoisotopic (exact) mass is 416 g/mol. The summed E-state index contributed by atoms with van der Waals surface area (Å²) in [5, 5.41) is 0.0780. The van der Waals surface area contributed by atoms with Gasteiger partial charge in [-0.1, -0.05) is 30.3 Å². The minimum Gasteiger partial charge on any atom is -0.457 e. The average Bonchev–Trinajstić information content (AvgIpc) is 2.79. The van der Waals surface area contributed by atoms with E-state index in [-0.39, 0.29) is 23.0 Å². The zero-order chi connectivity index (χ0) is 20.6. The van der Waals surface area contributed by atoms with Gasteiger partial charge in [0.15, 0.2) is 5.79 Å². The van der Waals surface area contributed by atoms with Crippen molar-refractivity contribution in [3.8, 4) is 0 Å². The van der Waals surface area contributed by atoms with Crippen molar-refractivity contribution in [3.63, 3.8) is 0 Å². The molecule has 0 radical (unpaired) electrons. The van der Waals surface area contributed by atoms with Crippen LogP contribution in [0.15, 0.2) is 42.5 Å². The predicted octanol–water partition coefficient (Wildman–Crippen LogP) is 5.31. The summed E-state index contributed by atoms with van der Waals surface area (Å²) in [5.41, 5.74) is 4.02. The van der Waals surface area contributed by atoms with Crippen LogP contribution < -0.4 is 0 Å². The predicted molar refractivity (Wildman–Crippen MR) is 110 cm³/mol. The van der Waals surface area contributed by atoms with E-state index in [9.17, 15) is 9.18 Å². The first-order chi connectivity index (χ1) is 13.8. The summed E-state index contributed by atoms with van der Waals surface area (Å²) < 4.78 is 31.6. The second kappa shape index (κ2) is 8.09. The van der Waals surface area contributed by atoms with Crippen molar-refractivity contribution in [2.24, 2.45) is 0 Å². The van der Waals surface area contributed by atoms with Crippen LogP contribution in [-0.4, -0.2) is 23.6 Å². The summed E-state index contributed by atoms with van der Waals surface area (Å²) in [5.74, 6) is -1.44. The largest absolute Gasteiger partial charge is 0.457 e. The first-order valence-electron chi connectivity index (χ1n) is 9.84. The molecule has 3 atom stereocenters. The first-order valence-corrected chi connectivity index (χ1v) is 10.6. The Morgan fingerprint density at radius 3 is 2.69 bits per heavy atom. The maximum atomic E-state index is 14.2. The molecule has 1 heterocycles. The maximum absolute atomic E-state index is 14.2. The van der Waals surface area contributed by atoms with Crippen molar-refractivity contribution < 1.29 is 22.8 Å². The normalized spacial score (nSPS) is 25.4. The molecule has 4 rings (SSSR count). The molecular weight excluding hydrogens is 391 g/mol. The highest BCUT2D eigenvalue weighted by molar-refractivity contribution is 7.95. The van der Waals surface area contributed by atoms with E-state index in [4.69, 9.17) is 13.7 Å². The lowest BCUT2D eigenvalue weighted by Gasteiger charge is -2.36. The van der Waals surface area contributed by atoms with Gasteiger partial charge in [-0.05, 0) is 61.1 Å². The number of fused-ring (bicyclic) bond motifs is 2. The number of benzene rings is 2. The van der Waals surface area contributed by atoms with E-state index < -0.39 is 11.9 Å². The summed E-state index contributed by atoms with van der Waals surface area (Å²) in [7, 11) is 0. The SMILES string of the molecule is CC(=O)O[C@H]1c2cc(F)ccc2Cc2ccccc2[C@H]1CC1COC(C)(C)OS1. The van der Waals surface area contributed by atoms with Crippen molar-refractivity contribution in [1.82, 2.24) is 0 Å². The molecule has 2 aromatic rings. The molecule has 1 aliphatic heterocycles. The van der Waals surface area contributed by atoms with Gasteiger partial charge in [-0.3, -0.25) is 8.98 Å². The standard InChI is InChI=1S/C23H25FO4S/c1-14(25)27-22-20-11-17(24)9-8-16(20)10-15-6-4-5-7-19(15)21(22)12-18-13-26-23(2,3)28-29-18/h4-9,11,18,21-22H,10,12-13H2,1-3H3/t18?,21-,22+/m1/s1. The number of carbonyl (C=O) groups excluding carboxylic acids is 1. The Bertz CT molecular complexity index is 904. The van der Waals surface area contributed by atoms with Gasteiger partial charge in [-0.2, -0.15) is 0 Å². The minimum absolute atomic E-state index is 0.0780. The van der Waals surface area contributed by atoms with Crippen LogP contribution in [-0.2, 0) is 24.9 Å². The van der Waals surface area contributed by atoms with Gasteiger partial charge in [0.05, 0.1) is 11.9 Å². The van der Waals surface area contributed by atoms with E-state index in [1.54, 1.807) is 6.07 Å². The number of rotatable bonds is 3. The second-order valence-electron chi connectivity index (χ2n) is 8.10. The number of carbonyl (C=O) groups is 1. The molecule has 2 aliphatic rings. The van der Waals surface area contributed by atoms with Gasteiger partial charge in [0.25, 0.3) is 0 Å². The third kappa shape index (κ3) is 4.49. The third-order valence-corrected chi connectivity index (χ3v) is 6.53. The van der Waals surface area contributed by atoms with Crippen molar-refractivity contribution in [1.29, 1.82) is 0 Å². The summed E-state index contributed by atoms with van der Waals surface area (Å²) in [4.78, 5) is 12.0. The topological polar surface area (TPSA) is 44.8 Å². The van der Waals surface area contributed by atoms with Crippen LogP contribution in [0.25, 0.3) is 0 Å². The quantitative estimate of drug-likeness (QED) is 0.501. The van der Waals surface area contributed by atoms with Gasteiger partial charge in [0.1, 0.15) is 11.9 Å². The Morgan fingerprint density at radius 1 is 1.21 bits per heavy atom. The summed E-state index contributed by atoms with van der Waals surface area (Å²) in [6, 6.07) is 12.9. The van der Waals surface area contributed by atoms with Gasteiger partial charge in [0.2, 0.25) is 0 Å². The van der Waals surface area contributed by atoms with Crippen LogP contribution in [0, 0.1) is 5.82 Å². The van der Waals surface area contributed by atoms with Crippen molar-refractivity contribution >= 4 is 18.0 Å².